The first-order valence-electron chi connectivity index (χ1n) is 8.73. The maximum atomic E-state index is 12.3. The molecule has 5 unspecified atom stereocenters. The van der Waals surface area contributed by atoms with Gasteiger partial charge in [-0.15, -0.1) is 0 Å². The average molecular weight is 423 g/mol. The lowest BCUT2D eigenvalue weighted by Gasteiger charge is -2.24. The van der Waals surface area contributed by atoms with E-state index in [4.69, 9.17) is 5.73 Å². The van der Waals surface area contributed by atoms with Crippen LogP contribution in [0.1, 0.15) is 27.2 Å². The van der Waals surface area contributed by atoms with Crippen molar-refractivity contribution in [1.82, 2.24) is 16.0 Å². The maximum Gasteiger partial charge on any atom is 0.326 e. The summed E-state index contributed by atoms with van der Waals surface area (Å²) in [5.41, 5.74) is 5.45. The van der Waals surface area contributed by atoms with E-state index in [1.165, 1.54) is 6.92 Å². The zero-order valence-electron chi connectivity index (χ0n) is 16.1. The molecule has 11 nitrogen and oxygen atoms in total. The van der Waals surface area contributed by atoms with Crippen LogP contribution in [0.2, 0.25) is 0 Å². The zero-order chi connectivity index (χ0) is 22.0. The van der Waals surface area contributed by atoms with Gasteiger partial charge in [-0.3, -0.25) is 14.4 Å². The Morgan fingerprint density at radius 1 is 0.929 bits per heavy atom. The second-order valence-electron chi connectivity index (χ2n) is 6.78. The van der Waals surface area contributed by atoms with Crippen molar-refractivity contribution in [3.05, 3.63) is 0 Å². The SMILES string of the molecule is CC(C)CC(NC(=O)C(CS)NC(=O)C(CO)NC(=O)C(N)C(C)O)C(=O)O. The standard InChI is InChI=1S/C16H30N4O7S/c1-7(2)4-9(16(26)27)18-14(24)11(6-28)20-13(23)10(5-21)19-15(25)12(17)8(3)22/h7-12,21-22,28H,4-6,17H2,1-3H3,(H,18,24)(H,19,25)(H,20,23)(H,26,27). The number of hydrogen-bond acceptors (Lipinski definition) is 8. The Morgan fingerprint density at radius 3 is 1.79 bits per heavy atom. The van der Waals surface area contributed by atoms with Crippen molar-refractivity contribution in [3.63, 3.8) is 0 Å². The fourth-order valence-corrected chi connectivity index (χ4v) is 2.37. The fraction of sp³-hybridized carbons (Fsp3) is 0.750. The first kappa shape index (κ1) is 26.1. The molecule has 0 radical (unpaired) electrons. The predicted octanol–water partition coefficient (Wildman–Crippen LogP) is -2.80. The summed E-state index contributed by atoms with van der Waals surface area (Å²) in [6, 6.07) is -5.05. The van der Waals surface area contributed by atoms with Crippen molar-refractivity contribution in [2.75, 3.05) is 12.4 Å². The Balaban J connectivity index is 5.00. The number of aliphatic hydroxyl groups is 2. The molecule has 0 rings (SSSR count). The van der Waals surface area contributed by atoms with E-state index < -0.39 is 60.6 Å². The van der Waals surface area contributed by atoms with Crippen molar-refractivity contribution in [1.29, 1.82) is 0 Å². The number of carboxylic acid groups (broad SMARTS) is 1. The van der Waals surface area contributed by atoms with Gasteiger partial charge in [0, 0.05) is 5.75 Å². The number of rotatable bonds is 12. The molecule has 0 aliphatic rings. The third-order valence-corrected chi connectivity index (χ3v) is 4.14. The van der Waals surface area contributed by atoms with E-state index >= 15 is 0 Å². The molecule has 0 heterocycles. The highest BCUT2D eigenvalue weighted by Gasteiger charge is 2.30. The molecule has 0 aromatic heterocycles. The van der Waals surface area contributed by atoms with E-state index in [0.717, 1.165) is 0 Å². The normalized spacial score (nSPS) is 16.4. The largest absolute Gasteiger partial charge is 0.480 e. The van der Waals surface area contributed by atoms with Gasteiger partial charge in [0.2, 0.25) is 17.7 Å². The summed E-state index contributed by atoms with van der Waals surface area (Å²) >= 11 is 3.97. The van der Waals surface area contributed by atoms with E-state index in [9.17, 15) is 34.5 Å². The lowest BCUT2D eigenvalue weighted by Crippen LogP contribution is -2.59. The van der Waals surface area contributed by atoms with Crippen LogP contribution in [0.3, 0.4) is 0 Å². The third kappa shape index (κ3) is 8.87. The van der Waals surface area contributed by atoms with Crippen molar-refractivity contribution >= 4 is 36.3 Å². The van der Waals surface area contributed by atoms with Gasteiger partial charge in [0.25, 0.3) is 0 Å². The summed E-state index contributed by atoms with van der Waals surface area (Å²) < 4.78 is 0. The summed E-state index contributed by atoms with van der Waals surface area (Å²) in [6.45, 7) is 4.10. The van der Waals surface area contributed by atoms with Crippen LogP contribution >= 0.6 is 12.6 Å². The molecule has 3 amide bonds. The first-order chi connectivity index (χ1) is 12.9. The predicted molar refractivity (Wildman–Crippen MR) is 103 cm³/mol. The molecule has 5 atom stereocenters. The van der Waals surface area contributed by atoms with Gasteiger partial charge in [-0.05, 0) is 19.3 Å². The van der Waals surface area contributed by atoms with Crippen LogP contribution in [0.4, 0.5) is 0 Å². The Labute approximate surface area is 168 Å². The minimum Gasteiger partial charge on any atom is -0.480 e. The Bertz CT molecular complexity index is 559. The van der Waals surface area contributed by atoms with Gasteiger partial charge in [-0.1, -0.05) is 13.8 Å². The molecule has 0 spiro atoms. The minimum atomic E-state index is -1.42. The number of carboxylic acids is 1. The highest BCUT2D eigenvalue weighted by Crippen LogP contribution is 2.05. The fourth-order valence-electron chi connectivity index (χ4n) is 2.11. The van der Waals surface area contributed by atoms with Crippen LogP contribution in [-0.2, 0) is 19.2 Å². The highest BCUT2D eigenvalue weighted by atomic mass is 32.1. The number of aliphatic hydroxyl groups excluding tert-OH is 2. The van der Waals surface area contributed by atoms with Crippen LogP contribution in [0.25, 0.3) is 0 Å². The molecule has 0 aliphatic heterocycles. The lowest BCUT2D eigenvalue weighted by molar-refractivity contribution is -0.142. The number of aliphatic carboxylic acids is 1. The molecule has 28 heavy (non-hydrogen) atoms. The molecule has 0 aromatic rings. The number of nitrogens with one attached hydrogen (secondary N) is 3. The van der Waals surface area contributed by atoms with E-state index in [1.807, 2.05) is 0 Å². The van der Waals surface area contributed by atoms with Crippen LogP contribution in [0.15, 0.2) is 0 Å². The third-order valence-electron chi connectivity index (χ3n) is 3.78. The summed E-state index contributed by atoms with van der Waals surface area (Å²) in [4.78, 5) is 47.6. The van der Waals surface area contributed by atoms with Gasteiger partial charge >= 0.3 is 5.97 Å². The Morgan fingerprint density at radius 2 is 1.39 bits per heavy atom. The molecule has 0 aliphatic carbocycles. The van der Waals surface area contributed by atoms with E-state index in [1.54, 1.807) is 13.8 Å². The summed E-state index contributed by atoms with van der Waals surface area (Å²) in [7, 11) is 0. The van der Waals surface area contributed by atoms with Gasteiger partial charge in [0.05, 0.1) is 12.7 Å². The molecular weight excluding hydrogens is 392 g/mol. The van der Waals surface area contributed by atoms with Crippen LogP contribution in [0, 0.1) is 5.92 Å². The number of thiol groups is 1. The number of hydrogen-bond donors (Lipinski definition) is 8. The summed E-state index contributed by atoms with van der Waals surface area (Å²) in [5, 5.41) is 34.6. The molecule has 12 heteroatoms. The summed E-state index contributed by atoms with van der Waals surface area (Å²) in [5.74, 6) is -3.86. The molecule has 0 fully saturated rings. The van der Waals surface area contributed by atoms with Crippen molar-refractivity contribution < 1.29 is 34.5 Å². The van der Waals surface area contributed by atoms with E-state index in [-0.39, 0.29) is 18.1 Å². The van der Waals surface area contributed by atoms with Crippen molar-refractivity contribution in [3.8, 4) is 0 Å². The quantitative estimate of drug-likeness (QED) is 0.155. The van der Waals surface area contributed by atoms with Gasteiger partial charge < -0.3 is 37.0 Å². The van der Waals surface area contributed by atoms with Crippen LogP contribution in [0.5, 0.6) is 0 Å². The lowest BCUT2D eigenvalue weighted by atomic mass is 10.0. The average Bonchev–Trinajstić information content (AvgIpc) is 2.61. The number of carbonyl (C=O) groups is 4. The van der Waals surface area contributed by atoms with Gasteiger partial charge in [-0.2, -0.15) is 12.6 Å². The molecular formula is C16H30N4O7S. The molecule has 8 N–H and O–H groups in total. The van der Waals surface area contributed by atoms with E-state index in [0.29, 0.717) is 0 Å². The van der Waals surface area contributed by atoms with Gasteiger partial charge in [-0.25, -0.2) is 4.79 Å². The monoisotopic (exact) mass is 422 g/mol. The van der Waals surface area contributed by atoms with Crippen molar-refractivity contribution in [2.24, 2.45) is 11.7 Å². The van der Waals surface area contributed by atoms with Gasteiger partial charge in [0.15, 0.2) is 0 Å². The first-order valence-corrected chi connectivity index (χ1v) is 9.37. The van der Waals surface area contributed by atoms with Gasteiger partial charge in [0.1, 0.15) is 24.2 Å². The van der Waals surface area contributed by atoms with Crippen molar-refractivity contribution in [2.45, 2.75) is 57.5 Å². The smallest absolute Gasteiger partial charge is 0.326 e. The zero-order valence-corrected chi connectivity index (χ0v) is 17.0. The number of amides is 3. The maximum absolute atomic E-state index is 12.3. The number of nitrogens with two attached hydrogens (primary N) is 1. The second kappa shape index (κ2) is 12.5. The minimum absolute atomic E-state index is 0.0116. The van der Waals surface area contributed by atoms with Crippen LogP contribution in [-0.4, -0.2) is 81.6 Å². The molecule has 162 valence electrons. The summed E-state index contributed by atoms with van der Waals surface area (Å²) in [6.07, 6.45) is -0.979. The molecule has 0 bridgehead atoms. The molecule has 0 saturated heterocycles. The Kier molecular flexibility index (Phi) is 11.7. The number of carbonyl (C=O) groups excluding carboxylic acids is 3. The van der Waals surface area contributed by atoms with Crippen LogP contribution < -0.4 is 21.7 Å². The van der Waals surface area contributed by atoms with E-state index in [2.05, 4.69) is 28.6 Å². The second-order valence-corrected chi connectivity index (χ2v) is 7.15. The topological polar surface area (TPSA) is 191 Å². The molecule has 0 saturated carbocycles. The highest BCUT2D eigenvalue weighted by molar-refractivity contribution is 7.80. The Hall–Kier alpha value is -1.89. The molecule has 0 aromatic carbocycles.